The number of nitrogens with two attached hydrogens (primary N) is 1. The molecule has 0 bridgehead atoms. The predicted octanol–water partition coefficient (Wildman–Crippen LogP) is 1.13. The molecule has 0 saturated carbocycles. The highest BCUT2D eigenvalue weighted by Crippen LogP contribution is 2.27. The van der Waals surface area contributed by atoms with Crippen LogP contribution in [-0.2, 0) is 6.42 Å². The molecule has 1 rings (SSSR count). The van der Waals surface area contributed by atoms with Crippen molar-refractivity contribution >= 4 is 5.84 Å². The number of amidine groups is 1. The average Bonchev–Trinajstić information content (AvgIpc) is 2.38. The van der Waals surface area contributed by atoms with Crippen molar-refractivity contribution in [3.63, 3.8) is 0 Å². The molecule has 0 atom stereocenters. The maximum atomic E-state index is 5.40. The van der Waals surface area contributed by atoms with Crippen molar-refractivity contribution in [2.24, 2.45) is 10.8 Å². The first-order valence-electron chi connectivity index (χ1n) is 5.46. The smallest absolute Gasteiger partial charge is 0.161 e. The molecule has 0 amide bonds. The summed E-state index contributed by atoms with van der Waals surface area (Å²) in [5.74, 6) is 7.57. The molecule has 1 aromatic rings. The van der Waals surface area contributed by atoms with Gasteiger partial charge in [0.2, 0.25) is 0 Å². The molecular weight excluding hydrogens is 218 g/mol. The molecule has 0 fully saturated rings. The van der Waals surface area contributed by atoms with Gasteiger partial charge in [-0.1, -0.05) is 6.07 Å². The Labute approximate surface area is 102 Å². The molecular formula is C12H19N3O2. The van der Waals surface area contributed by atoms with Crippen LogP contribution >= 0.6 is 0 Å². The molecule has 0 aliphatic heterocycles. The van der Waals surface area contributed by atoms with Gasteiger partial charge >= 0.3 is 0 Å². The van der Waals surface area contributed by atoms with Crippen molar-refractivity contribution < 1.29 is 9.47 Å². The van der Waals surface area contributed by atoms with Crippen LogP contribution in [0.5, 0.6) is 11.5 Å². The summed E-state index contributed by atoms with van der Waals surface area (Å²) < 4.78 is 10.4. The van der Waals surface area contributed by atoms with E-state index in [0.29, 0.717) is 24.5 Å². The molecule has 5 nitrogen and oxygen atoms in total. The fourth-order valence-electron chi connectivity index (χ4n) is 1.53. The number of hydrogen-bond acceptors (Lipinski definition) is 4. The third-order valence-electron chi connectivity index (χ3n) is 2.34. The molecule has 17 heavy (non-hydrogen) atoms. The molecule has 0 spiro atoms. The highest BCUT2D eigenvalue weighted by atomic mass is 16.5. The number of hydrogen-bond donors (Lipinski definition) is 2. The Morgan fingerprint density at radius 1 is 1.29 bits per heavy atom. The number of methoxy groups -OCH3 is 2. The first kappa shape index (κ1) is 13.3. The third-order valence-corrected chi connectivity index (χ3v) is 2.34. The molecule has 1 aromatic carbocycles. The van der Waals surface area contributed by atoms with Gasteiger partial charge in [0.05, 0.1) is 14.2 Å². The van der Waals surface area contributed by atoms with E-state index in [-0.39, 0.29) is 0 Å². The monoisotopic (exact) mass is 237 g/mol. The molecule has 0 aromatic heterocycles. The summed E-state index contributed by atoms with van der Waals surface area (Å²) in [6.07, 6.45) is 0.644. The Morgan fingerprint density at radius 3 is 2.53 bits per heavy atom. The van der Waals surface area contributed by atoms with Crippen LogP contribution in [-0.4, -0.2) is 26.6 Å². The van der Waals surface area contributed by atoms with Gasteiger partial charge in [0.1, 0.15) is 5.84 Å². The normalized spacial score (nSPS) is 11.2. The second kappa shape index (κ2) is 6.75. The van der Waals surface area contributed by atoms with Crippen LogP contribution in [0, 0.1) is 0 Å². The lowest BCUT2D eigenvalue weighted by Gasteiger charge is -2.10. The number of nitrogens with zero attached hydrogens (tertiary/aromatic N) is 1. The van der Waals surface area contributed by atoms with E-state index in [1.165, 1.54) is 0 Å². The van der Waals surface area contributed by atoms with Crippen LogP contribution in [0.15, 0.2) is 23.2 Å². The zero-order valence-corrected chi connectivity index (χ0v) is 10.5. The number of nitrogens with one attached hydrogen (secondary N) is 1. The fourth-order valence-corrected chi connectivity index (χ4v) is 1.53. The van der Waals surface area contributed by atoms with Crippen molar-refractivity contribution in [1.82, 2.24) is 5.43 Å². The van der Waals surface area contributed by atoms with Gasteiger partial charge < -0.3 is 14.9 Å². The molecule has 0 aliphatic carbocycles. The quantitative estimate of drug-likeness (QED) is 0.348. The van der Waals surface area contributed by atoms with E-state index in [2.05, 4.69) is 10.4 Å². The summed E-state index contributed by atoms with van der Waals surface area (Å²) in [6, 6.07) is 5.75. The van der Waals surface area contributed by atoms with E-state index in [0.717, 1.165) is 11.4 Å². The zero-order chi connectivity index (χ0) is 12.7. The van der Waals surface area contributed by atoms with E-state index in [9.17, 15) is 0 Å². The van der Waals surface area contributed by atoms with Gasteiger partial charge in [-0.25, -0.2) is 5.84 Å². The van der Waals surface area contributed by atoms with Gasteiger partial charge in [-0.3, -0.25) is 4.99 Å². The summed E-state index contributed by atoms with van der Waals surface area (Å²) in [5, 5.41) is 0. The van der Waals surface area contributed by atoms with Crippen molar-refractivity contribution in [3.8, 4) is 11.5 Å². The summed E-state index contributed by atoms with van der Waals surface area (Å²) in [4.78, 5) is 4.24. The maximum Gasteiger partial charge on any atom is 0.161 e. The van der Waals surface area contributed by atoms with E-state index in [1.54, 1.807) is 14.2 Å². The zero-order valence-electron chi connectivity index (χ0n) is 10.5. The molecule has 94 valence electrons. The standard InChI is InChI=1S/C12H19N3O2/c1-4-14-12(15-13)8-9-5-6-10(16-2)11(7-9)17-3/h5-7H,4,8,13H2,1-3H3,(H,14,15). The first-order chi connectivity index (χ1) is 8.24. The largest absolute Gasteiger partial charge is 0.493 e. The summed E-state index contributed by atoms with van der Waals surface area (Å²) in [5.41, 5.74) is 3.66. The van der Waals surface area contributed by atoms with Crippen molar-refractivity contribution in [2.45, 2.75) is 13.3 Å². The SMILES string of the molecule is CCN=C(Cc1ccc(OC)c(OC)c1)NN. The number of ether oxygens (including phenoxy) is 2. The second-order valence-electron chi connectivity index (χ2n) is 3.43. The molecule has 0 unspecified atom stereocenters. The van der Waals surface area contributed by atoms with E-state index >= 15 is 0 Å². The lowest BCUT2D eigenvalue weighted by atomic mass is 10.1. The van der Waals surface area contributed by atoms with Gasteiger partial charge in [0.25, 0.3) is 0 Å². The minimum Gasteiger partial charge on any atom is -0.493 e. The number of hydrazine groups is 1. The van der Waals surface area contributed by atoms with Gasteiger partial charge in [-0.15, -0.1) is 0 Å². The predicted molar refractivity (Wildman–Crippen MR) is 68.5 cm³/mol. The highest BCUT2D eigenvalue weighted by Gasteiger charge is 2.06. The van der Waals surface area contributed by atoms with Crippen LogP contribution in [0.3, 0.4) is 0 Å². The minimum absolute atomic E-state index is 0.644. The number of benzene rings is 1. The Hall–Kier alpha value is -1.75. The molecule has 0 heterocycles. The van der Waals surface area contributed by atoms with E-state index in [1.807, 2.05) is 25.1 Å². The number of rotatable bonds is 5. The van der Waals surface area contributed by atoms with Gasteiger partial charge in [0, 0.05) is 13.0 Å². The fraction of sp³-hybridized carbons (Fsp3) is 0.417. The lowest BCUT2D eigenvalue weighted by Crippen LogP contribution is -2.32. The van der Waals surface area contributed by atoms with Crippen molar-refractivity contribution in [1.29, 1.82) is 0 Å². The van der Waals surface area contributed by atoms with Gasteiger partial charge in [-0.2, -0.15) is 0 Å². The molecule has 3 N–H and O–H groups in total. The summed E-state index contributed by atoms with van der Waals surface area (Å²) in [6.45, 7) is 2.67. The van der Waals surface area contributed by atoms with Crippen molar-refractivity contribution in [3.05, 3.63) is 23.8 Å². The summed E-state index contributed by atoms with van der Waals surface area (Å²) in [7, 11) is 3.23. The third kappa shape index (κ3) is 3.64. The Morgan fingerprint density at radius 2 is 2.00 bits per heavy atom. The first-order valence-corrected chi connectivity index (χ1v) is 5.46. The topological polar surface area (TPSA) is 68.9 Å². The number of aliphatic imine (C=N–C) groups is 1. The molecule has 0 saturated heterocycles. The average molecular weight is 237 g/mol. The molecule has 0 radical (unpaired) electrons. The van der Waals surface area contributed by atoms with E-state index in [4.69, 9.17) is 15.3 Å². The minimum atomic E-state index is 0.644. The summed E-state index contributed by atoms with van der Waals surface area (Å²) >= 11 is 0. The maximum absolute atomic E-state index is 5.40. The molecule has 5 heteroatoms. The Kier molecular flexibility index (Phi) is 5.29. The van der Waals surface area contributed by atoms with Gasteiger partial charge in [-0.05, 0) is 24.6 Å². The molecule has 0 aliphatic rings. The Bertz CT molecular complexity index is 391. The van der Waals surface area contributed by atoms with Crippen LogP contribution in [0.25, 0.3) is 0 Å². The second-order valence-corrected chi connectivity index (χ2v) is 3.43. The Balaban J connectivity index is 2.88. The van der Waals surface area contributed by atoms with Crippen LogP contribution in [0.2, 0.25) is 0 Å². The van der Waals surface area contributed by atoms with Crippen molar-refractivity contribution in [2.75, 3.05) is 20.8 Å². The van der Waals surface area contributed by atoms with Crippen LogP contribution in [0.4, 0.5) is 0 Å². The van der Waals surface area contributed by atoms with Crippen LogP contribution in [0.1, 0.15) is 12.5 Å². The van der Waals surface area contributed by atoms with E-state index < -0.39 is 0 Å². The highest BCUT2D eigenvalue weighted by molar-refractivity contribution is 5.84. The van der Waals surface area contributed by atoms with Crippen LogP contribution < -0.4 is 20.7 Å². The lowest BCUT2D eigenvalue weighted by molar-refractivity contribution is 0.354. The van der Waals surface area contributed by atoms with Gasteiger partial charge in [0.15, 0.2) is 11.5 Å².